The number of anilines is 1. The molecule has 4 nitrogen and oxygen atoms in total. The number of amides is 1. The first kappa shape index (κ1) is 14.9. The number of rotatable bonds is 5. The molecular formula is C19H17NO3. The number of fused-ring (bicyclic) bond motifs is 1. The Morgan fingerprint density at radius 2 is 1.78 bits per heavy atom. The molecule has 0 spiro atoms. The van der Waals surface area contributed by atoms with Crippen molar-refractivity contribution in [2.75, 3.05) is 19.0 Å². The zero-order valence-corrected chi connectivity index (χ0v) is 12.8. The van der Waals surface area contributed by atoms with Crippen LogP contribution in [-0.2, 0) is 4.79 Å². The van der Waals surface area contributed by atoms with E-state index >= 15 is 0 Å². The summed E-state index contributed by atoms with van der Waals surface area (Å²) in [6.07, 6.45) is 0. The number of hydrogen-bond donors (Lipinski definition) is 1. The predicted octanol–water partition coefficient (Wildman–Crippen LogP) is 3.87. The predicted molar refractivity (Wildman–Crippen MR) is 91.1 cm³/mol. The van der Waals surface area contributed by atoms with E-state index in [0.29, 0.717) is 17.2 Å². The number of ether oxygens (including phenoxy) is 2. The molecule has 0 saturated heterocycles. The molecule has 23 heavy (non-hydrogen) atoms. The maximum atomic E-state index is 12.0. The Balaban J connectivity index is 1.66. The van der Waals surface area contributed by atoms with Crippen molar-refractivity contribution in [3.8, 4) is 11.5 Å². The lowest BCUT2D eigenvalue weighted by Gasteiger charge is -2.10. The molecule has 0 radical (unpaired) electrons. The first-order valence-electron chi connectivity index (χ1n) is 7.31. The number of methoxy groups -OCH3 is 1. The molecule has 0 atom stereocenters. The Bertz CT molecular complexity index is 824. The van der Waals surface area contributed by atoms with Crippen LogP contribution in [0.25, 0.3) is 10.8 Å². The lowest BCUT2D eigenvalue weighted by molar-refractivity contribution is -0.118. The van der Waals surface area contributed by atoms with Gasteiger partial charge in [0, 0.05) is 17.1 Å². The van der Waals surface area contributed by atoms with Gasteiger partial charge >= 0.3 is 0 Å². The van der Waals surface area contributed by atoms with Gasteiger partial charge in [-0.3, -0.25) is 4.79 Å². The monoisotopic (exact) mass is 307 g/mol. The molecule has 0 heterocycles. The first-order chi connectivity index (χ1) is 11.3. The van der Waals surface area contributed by atoms with Crippen LogP contribution in [-0.4, -0.2) is 19.6 Å². The summed E-state index contributed by atoms with van der Waals surface area (Å²) in [6.45, 7) is -0.0504. The largest absolute Gasteiger partial charge is 0.497 e. The quantitative estimate of drug-likeness (QED) is 0.778. The molecule has 0 fully saturated rings. The van der Waals surface area contributed by atoms with Crippen LogP contribution in [0.15, 0.2) is 66.7 Å². The molecule has 4 heteroatoms. The smallest absolute Gasteiger partial charge is 0.262 e. The highest BCUT2D eigenvalue weighted by atomic mass is 16.5. The number of carbonyl (C=O) groups is 1. The third kappa shape index (κ3) is 3.61. The van der Waals surface area contributed by atoms with E-state index in [1.54, 1.807) is 19.2 Å². The Morgan fingerprint density at radius 3 is 2.65 bits per heavy atom. The maximum Gasteiger partial charge on any atom is 0.262 e. The van der Waals surface area contributed by atoms with Crippen molar-refractivity contribution in [2.24, 2.45) is 0 Å². The van der Waals surface area contributed by atoms with Crippen LogP contribution < -0.4 is 14.8 Å². The van der Waals surface area contributed by atoms with Crippen LogP contribution in [0.2, 0.25) is 0 Å². The maximum absolute atomic E-state index is 12.0. The van der Waals surface area contributed by atoms with E-state index in [1.165, 1.54) is 0 Å². The van der Waals surface area contributed by atoms with Crippen molar-refractivity contribution >= 4 is 22.4 Å². The molecule has 3 aromatic carbocycles. The molecular weight excluding hydrogens is 290 g/mol. The fourth-order valence-corrected chi connectivity index (χ4v) is 2.36. The van der Waals surface area contributed by atoms with Gasteiger partial charge in [0.1, 0.15) is 11.5 Å². The summed E-state index contributed by atoms with van der Waals surface area (Å²) in [5.41, 5.74) is 0.677. The van der Waals surface area contributed by atoms with Gasteiger partial charge in [-0.05, 0) is 23.6 Å². The molecule has 3 aromatic rings. The van der Waals surface area contributed by atoms with Gasteiger partial charge in [-0.2, -0.15) is 0 Å². The third-order valence-electron chi connectivity index (χ3n) is 3.46. The molecule has 0 aromatic heterocycles. The van der Waals surface area contributed by atoms with E-state index in [-0.39, 0.29) is 12.5 Å². The van der Waals surface area contributed by atoms with Gasteiger partial charge in [-0.25, -0.2) is 0 Å². The molecule has 0 unspecified atom stereocenters. The fourth-order valence-electron chi connectivity index (χ4n) is 2.36. The molecule has 0 bridgehead atoms. The van der Waals surface area contributed by atoms with Gasteiger partial charge in [-0.1, -0.05) is 42.5 Å². The van der Waals surface area contributed by atoms with Crippen molar-refractivity contribution in [1.82, 2.24) is 0 Å². The highest BCUT2D eigenvalue weighted by Gasteiger charge is 2.06. The molecule has 3 rings (SSSR count). The zero-order valence-electron chi connectivity index (χ0n) is 12.8. The average Bonchev–Trinajstić information content (AvgIpc) is 2.60. The zero-order chi connectivity index (χ0) is 16.1. The highest BCUT2D eigenvalue weighted by Crippen LogP contribution is 2.25. The Kier molecular flexibility index (Phi) is 4.43. The SMILES string of the molecule is COc1cccc(NC(=O)COc2cccc3ccccc23)c1. The van der Waals surface area contributed by atoms with Crippen molar-refractivity contribution in [3.05, 3.63) is 66.7 Å². The van der Waals surface area contributed by atoms with E-state index in [9.17, 15) is 4.79 Å². The van der Waals surface area contributed by atoms with Crippen molar-refractivity contribution < 1.29 is 14.3 Å². The van der Waals surface area contributed by atoms with Crippen molar-refractivity contribution in [1.29, 1.82) is 0 Å². The number of nitrogens with one attached hydrogen (secondary N) is 1. The Labute approximate surface area is 134 Å². The molecule has 0 aliphatic rings. The Hall–Kier alpha value is -3.01. The van der Waals surface area contributed by atoms with Crippen LogP contribution >= 0.6 is 0 Å². The summed E-state index contributed by atoms with van der Waals surface area (Å²) in [5, 5.41) is 4.86. The topological polar surface area (TPSA) is 47.6 Å². The summed E-state index contributed by atoms with van der Waals surface area (Å²) in [6, 6.07) is 20.9. The molecule has 0 aliphatic heterocycles. The van der Waals surface area contributed by atoms with Gasteiger partial charge in [-0.15, -0.1) is 0 Å². The normalized spacial score (nSPS) is 10.3. The van der Waals surface area contributed by atoms with Gasteiger partial charge in [0.15, 0.2) is 6.61 Å². The van der Waals surface area contributed by atoms with E-state index in [1.807, 2.05) is 54.6 Å². The third-order valence-corrected chi connectivity index (χ3v) is 3.46. The number of benzene rings is 3. The van der Waals surface area contributed by atoms with Crippen molar-refractivity contribution in [3.63, 3.8) is 0 Å². The first-order valence-corrected chi connectivity index (χ1v) is 7.31. The minimum Gasteiger partial charge on any atom is -0.497 e. The van der Waals surface area contributed by atoms with Crippen LogP contribution in [0.4, 0.5) is 5.69 Å². The van der Waals surface area contributed by atoms with Gasteiger partial charge in [0.2, 0.25) is 0 Å². The minimum atomic E-state index is -0.216. The van der Waals surface area contributed by atoms with E-state index in [2.05, 4.69) is 5.32 Å². The van der Waals surface area contributed by atoms with E-state index < -0.39 is 0 Å². The second-order valence-electron chi connectivity index (χ2n) is 5.05. The van der Waals surface area contributed by atoms with Crippen LogP contribution in [0, 0.1) is 0 Å². The molecule has 116 valence electrons. The summed E-state index contributed by atoms with van der Waals surface area (Å²) < 4.78 is 10.8. The number of hydrogen-bond acceptors (Lipinski definition) is 3. The van der Waals surface area contributed by atoms with Gasteiger partial charge in [0.25, 0.3) is 5.91 Å². The van der Waals surface area contributed by atoms with Gasteiger partial charge in [0.05, 0.1) is 7.11 Å². The van der Waals surface area contributed by atoms with Crippen LogP contribution in [0.5, 0.6) is 11.5 Å². The highest BCUT2D eigenvalue weighted by molar-refractivity contribution is 5.93. The van der Waals surface area contributed by atoms with Crippen LogP contribution in [0.1, 0.15) is 0 Å². The standard InChI is InChI=1S/C19H17NO3/c1-22-16-9-5-8-15(12-16)20-19(21)13-23-18-11-4-7-14-6-2-3-10-17(14)18/h2-12H,13H2,1H3,(H,20,21). The molecule has 1 amide bonds. The fraction of sp³-hybridized carbons (Fsp3) is 0.105. The summed E-state index contributed by atoms with van der Waals surface area (Å²) >= 11 is 0. The lowest BCUT2D eigenvalue weighted by Crippen LogP contribution is -2.20. The Morgan fingerprint density at radius 1 is 1.00 bits per heavy atom. The minimum absolute atomic E-state index is 0.0504. The molecule has 1 N–H and O–H groups in total. The van der Waals surface area contributed by atoms with Crippen molar-refractivity contribution in [2.45, 2.75) is 0 Å². The molecule has 0 saturated carbocycles. The summed E-state index contributed by atoms with van der Waals surface area (Å²) in [4.78, 5) is 12.0. The summed E-state index contributed by atoms with van der Waals surface area (Å²) in [5.74, 6) is 1.17. The van der Waals surface area contributed by atoms with Gasteiger partial charge < -0.3 is 14.8 Å². The number of carbonyl (C=O) groups excluding carboxylic acids is 1. The van der Waals surface area contributed by atoms with Crippen LogP contribution in [0.3, 0.4) is 0 Å². The average molecular weight is 307 g/mol. The van der Waals surface area contributed by atoms with E-state index in [0.717, 1.165) is 10.8 Å². The lowest BCUT2D eigenvalue weighted by atomic mass is 10.1. The second kappa shape index (κ2) is 6.83. The van der Waals surface area contributed by atoms with E-state index in [4.69, 9.17) is 9.47 Å². The summed E-state index contributed by atoms with van der Waals surface area (Å²) in [7, 11) is 1.59. The second-order valence-corrected chi connectivity index (χ2v) is 5.05. The molecule has 0 aliphatic carbocycles.